The number of H-pyrrole nitrogens is 1. The second-order valence-electron chi connectivity index (χ2n) is 7.26. The molecule has 1 aliphatic carbocycles. The SMILES string of the molecule is CC1Cc2cn[nH]c2C(C(=O)NCCc2ccc(OC(C)C)cc2)C1. The van der Waals surface area contributed by atoms with Crippen molar-refractivity contribution < 1.29 is 9.53 Å². The lowest BCUT2D eigenvalue weighted by Gasteiger charge is -2.25. The van der Waals surface area contributed by atoms with Crippen LogP contribution in [0.25, 0.3) is 0 Å². The number of hydrogen-bond donors (Lipinski definition) is 2. The maximum absolute atomic E-state index is 12.6. The summed E-state index contributed by atoms with van der Waals surface area (Å²) in [6.07, 6.45) is 4.72. The minimum Gasteiger partial charge on any atom is -0.491 e. The van der Waals surface area contributed by atoms with Crippen molar-refractivity contribution in [3.05, 3.63) is 47.3 Å². The molecule has 3 rings (SSSR count). The van der Waals surface area contributed by atoms with E-state index in [9.17, 15) is 4.79 Å². The summed E-state index contributed by atoms with van der Waals surface area (Å²) in [7, 11) is 0. The Labute approximate surface area is 149 Å². The monoisotopic (exact) mass is 341 g/mol. The van der Waals surface area contributed by atoms with Gasteiger partial charge in [0.25, 0.3) is 0 Å². The van der Waals surface area contributed by atoms with E-state index >= 15 is 0 Å². The van der Waals surface area contributed by atoms with E-state index < -0.39 is 0 Å². The van der Waals surface area contributed by atoms with Crippen molar-refractivity contribution in [2.24, 2.45) is 5.92 Å². The summed E-state index contributed by atoms with van der Waals surface area (Å²) >= 11 is 0. The highest BCUT2D eigenvalue weighted by Gasteiger charge is 2.31. The normalized spacial score (nSPS) is 19.5. The second kappa shape index (κ2) is 7.72. The minimum atomic E-state index is -0.108. The van der Waals surface area contributed by atoms with E-state index in [2.05, 4.69) is 34.6 Å². The summed E-state index contributed by atoms with van der Waals surface area (Å²) in [5.74, 6) is 1.37. The lowest BCUT2D eigenvalue weighted by Crippen LogP contribution is -2.34. The van der Waals surface area contributed by atoms with Crippen LogP contribution < -0.4 is 10.1 Å². The van der Waals surface area contributed by atoms with E-state index in [1.165, 1.54) is 11.1 Å². The van der Waals surface area contributed by atoms with Crippen molar-refractivity contribution in [2.45, 2.75) is 52.1 Å². The predicted molar refractivity (Wildman–Crippen MR) is 97.7 cm³/mol. The maximum Gasteiger partial charge on any atom is 0.229 e. The zero-order valence-electron chi connectivity index (χ0n) is 15.2. The summed E-state index contributed by atoms with van der Waals surface area (Å²) < 4.78 is 5.65. The van der Waals surface area contributed by atoms with Gasteiger partial charge in [0, 0.05) is 6.54 Å². The minimum absolute atomic E-state index is 0.0943. The molecule has 2 aromatic rings. The molecule has 0 saturated heterocycles. The summed E-state index contributed by atoms with van der Waals surface area (Å²) in [6, 6.07) is 8.08. The highest BCUT2D eigenvalue weighted by Crippen LogP contribution is 2.33. The van der Waals surface area contributed by atoms with Crippen LogP contribution in [-0.4, -0.2) is 28.8 Å². The summed E-state index contributed by atoms with van der Waals surface area (Å²) in [5, 5.41) is 10.2. The average Bonchev–Trinajstić information content (AvgIpc) is 3.03. The average molecular weight is 341 g/mol. The Balaban J connectivity index is 1.52. The van der Waals surface area contributed by atoms with Gasteiger partial charge in [-0.05, 0) is 62.3 Å². The van der Waals surface area contributed by atoms with E-state index in [1.54, 1.807) is 0 Å². The highest BCUT2D eigenvalue weighted by atomic mass is 16.5. The first kappa shape index (κ1) is 17.5. The first-order valence-corrected chi connectivity index (χ1v) is 9.08. The van der Waals surface area contributed by atoms with E-state index in [0.29, 0.717) is 12.5 Å². The third kappa shape index (κ3) is 4.41. The van der Waals surface area contributed by atoms with E-state index in [0.717, 1.165) is 30.7 Å². The summed E-state index contributed by atoms with van der Waals surface area (Å²) in [6.45, 7) is 6.86. The number of carbonyl (C=O) groups is 1. The van der Waals surface area contributed by atoms with Gasteiger partial charge in [0.15, 0.2) is 0 Å². The lowest BCUT2D eigenvalue weighted by atomic mass is 9.81. The number of fused-ring (bicyclic) bond motifs is 1. The molecular weight excluding hydrogens is 314 g/mol. The molecule has 0 bridgehead atoms. The van der Waals surface area contributed by atoms with Crippen LogP contribution in [0.15, 0.2) is 30.5 Å². The number of nitrogens with one attached hydrogen (secondary N) is 2. The van der Waals surface area contributed by atoms with Crippen LogP contribution in [0.1, 0.15) is 49.9 Å². The number of carbonyl (C=O) groups excluding carboxylic acids is 1. The van der Waals surface area contributed by atoms with Crippen molar-refractivity contribution in [3.8, 4) is 5.75 Å². The Morgan fingerprint density at radius 2 is 2.12 bits per heavy atom. The molecule has 1 heterocycles. The van der Waals surface area contributed by atoms with Crippen LogP contribution in [0, 0.1) is 5.92 Å². The topological polar surface area (TPSA) is 67.0 Å². The quantitative estimate of drug-likeness (QED) is 0.848. The molecule has 1 amide bonds. The number of amides is 1. The number of aromatic amines is 1. The Morgan fingerprint density at radius 3 is 2.84 bits per heavy atom. The highest BCUT2D eigenvalue weighted by molar-refractivity contribution is 5.83. The molecule has 5 nitrogen and oxygen atoms in total. The molecule has 0 spiro atoms. The first-order valence-electron chi connectivity index (χ1n) is 9.08. The number of aromatic nitrogens is 2. The van der Waals surface area contributed by atoms with Gasteiger partial charge in [0.05, 0.1) is 23.9 Å². The van der Waals surface area contributed by atoms with Gasteiger partial charge < -0.3 is 10.1 Å². The van der Waals surface area contributed by atoms with E-state index in [4.69, 9.17) is 4.74 Å². The smallest absolute Gasteiger partial charge is 0.229 e. The van der Waals surface area contributed by atoms with Crippen molar-refractivity contribution >= 4 is 5.91 Å². The molecule has 25 heavy (non-hydrogen) atoms. The van der Waals surface area contributed by atoms with Gasteiger partial charge in [0.2, 0.25) is 5.91 Å². The van der Waals surface area contributed by atoms with Crippen molar-refractivity contribution in [3.63, 3.8) is 0 Å². The number of ether oxygens (including phenoxy) is 1. The number of hydrogen-bond acceptors (Lipinski definition) is 3. The second-order valence-corrected chi connectivity index (χ2v) is 7.26. The Morgan fingerprint density at radius 1 is 1.36 bits per heavy atom. The molecule has 1 aromatic carbocycles. The molecule has 0 fully saturated rings. The van der Waals surface area contributed by atoms with Gasteiger partial charge in [0.1, 0.15) is 5.75 Å². The molecule has 0 aliphatic heterocycles. The fourth-order valence-corrected chi connectivity index (χ4v) is 3.46. The van der Waals surface area contributed by atoms with Crippen molar-refractivity contribution in [1.82, 2.24) is 15.5 Å². The molecule has 1 aromatic heterocycles. The van der Waals surface area contributed by atoms with Crippen molar-refractivity contribution in [2.75, 3.05) is 6.54 Å². The number of nitrogens with zero attached hydrogens (tertiary/aromatic N) is 1. The maximum atomic E-state index is 12.6. The molecule has 0 saturated carbocycles. The number of rotatable bonds is 6. The van der Waals surface area contributed by atoms with Crippen LogP contribution in [-0.2, 0) is 17.6 Å². The van der Waals surface area contributed by atoms with Crippen LogP contribution in [0.4, 0.5) is 0 Å². The zero-order valence-corrected chi connectivity index (χ0v) is 15.2. The Hall–Kier alpha value is -2.30. The summed E-state index contributed by atoms with van der Waals surface area (Å²) in [5.41, 5.74) is 3.36. The van der Waals surface area contributed by atoms with Gasteiger partial charge in [-0.2, -0.15) is 5.10 Å². The molecule has 2 N–H and O–H groups in total. The van der Waals surface area contributed by atoms with Crippen molar-refractivity contribution in [1.29, 1.82) is 0 Å². The molecule has 1 aliphatic rings. The van der Waals surface area contributed by atoms with E-state index in [1.807, 2.05) is 32.2 Å². The fourth-order valence-electron chi connectivity index (χ4n) is 3.46. The van der Waals surface area contributed by atoms with Crippen LogP contribution in [0.5, 0.6) is 5.75 Å². The van der Waals surface area contributed by atoms with Crippen LogP contribution in [0.3, 0.4) is 0 Å². The lowest BCUT2D eigenvalue weighted by molar-refractivity contribution is -0.123. The molecule has 5 heteroatoms. The molecule has 0 radical (unpaired) electrons. The third-order valence-electron chi connectivity index (χ3n) is 4.63. The standard InChI is InChI=1S/C20H27N3O2/c1-13(2)25-17-6-4-15(5-7-17)8-9-21-20(24)18-11-14(3)10-16-12-22-23-19(16)18/h4-7,12-14,18H,8-11H2,1-3H3,(H,21,24)(H,22,23). The molecule has 134 valence electrons. The van der Waals surface area contributed by atoms with Gasteiger partial charge in [-0.3, -0.25) is 9.89 Å². The Kier molecular flexibility index (Phi) is 5.41. The van der Waals surface area contributed by atoms with Gasteiger partial charge in [-0.25, -0.2) is 0 Å². The zero-order chi connectivity index (χ0) is 17.8. The number of benzene rings is 1. The predicted octanol–water partition coefficient (Wildman–Crippen LogP) is 3.22. The molecule has 2 atom stereocenters. The van der Waals surface area contributed by atoms with Gasteiger partial charge in [-0.15, -0.1) is 0 Å². The van der Waals surface area contributed by atoms with Gasteiger partial charge >= 0.3 is 0 Å². The largest absolute Gasteiger partial charge is 0.491 e. The third-order valence-corrected chi connectivity index (χ3v) is 4.63. The molecule has 2 unspecified atom stereocenters. The first-order chi connectivity index (χ1) is 12.0. The fraction of sp³-hybridized carbons (Fsp3) is 0.500. The summed E-state index contributed by atoms with van der Waals surface area (Å²) in [4.78, 5) is 12.6. The van der Waals surface area contributed by atoms with Gasteiger partial charge in [-0.1, -0.05) is 19.1 Å². The Bertz CT molecular complexity index is 706. The molecular formula is C20H27N3O2. The van der Waals surface area contributed by atoms with Crippen LogP contribution >= 0.6 is 0 Å². The van der Waals surface area contributed by atoms with E-state index in [-0.39, 0.29) is 17.9 Å². The van der Waals surface area contributed by atoms with Crippen LogP contribution in [0.2, 0.25) is 0 Å².